The average Bonchev–Trinajstić information content (AvgIpc) is 2.29. The molecule has 5 heteroatoms. The maximum atomic E-state index is 10.6. The van der Waals surface area contributed by atoms with E-state index in [9.17, 15) is 4.79 Å². The largest absolute Gasteiger partial charge is 0.478 e. The van der Waals surface area contributed by atoms with Crippen molar-refractivity contribution < 1.29 is 9.90 Å². The molecule has 0 amide bonds. The van der Waals surface area contributed by atoms with Gasteiger partial charge in [-0.1, -0.05) is 13.8 Å². The Kier molecular flexibility index (Phi) is 3.08. The summed E-state index contributed by atoms with van der Waals surface area (Å²) >= 11 is 3.09. The quantitative estimate of drug-likeness (QED) is 0.888. The standard InChI is InChI=1S/C8H11BrN2O2/c1-5(2)3-11-4-6(8(12)13)7(9)10-11/h4-5H,3H2,1-2H3,(H,12,13). The summed E-state index contributed by atoms with van der Waals surface area (Å²) in [6.07, 6.45) is 1.53. The lowest BCUT2D eigenvalue weighted by Crippen LogP contribution is -2.04. The van der Waals surface area contributed by atoms with Crippen molar-refractivity contribution in [3.05, 3.63) is 16.4 Å². The highest BCUT2D eigenvalue weighted by Gasteiger charge is 2.13. The van der Waals surface area contributed by atoms with Gasteiger partial charge in [0, 0.05) is 12.7 Å². The molecule has 0 fully saturated rings. The summed E-state index contributed by atoms with van der Waals surface area (Å²) in [5, 5.41) is 12.8. The van der Waals surface area contributed by atoms with Crippen LogP contribution in [-0.2, 0) is 6.54 Å². The van der Waals surface area contributed by atoms with Crippen molar-refractivity contribution in [2.45, 2.75) is 20.4 Å². The first-order chi connectivity index (χ1) is 6.00. The second-order valence-electron chi connectivity index (χ2n) is 3.25. The van der Waals surface area contributed by atoms with E-state index < -0.39 is 5.97 Å². The van der Waals surface area contributed by atoms with Crippen molar-refractivity contribution in [2.75, 3.05) is 0 Å². The SMILES string of the molecule is CC(C)Cn1cc(C(=O)O)c(Br)n1. The van der Waals surface area contributed by atoms with Crippen molar-refractivity contribution in [1.82, 2.24) is 9.78 Å². The van der Waals surface area contributed by atoms with Gasteiger partial charge in [-0.05, 0) is 21.8 Å². The van der Waals surface area contributed by atoms with E-state index in [2.05, 4.69) is 34.9 Å². The molecule has 4 nitrogen and oxygen atoms in total. The Labute approximate surface area is 84.7 Å². The number of carboxylic acids is 1. The van der Waals surface area contributed by atoms with E-state index in [1.807, 2.05) is 0 Å². The molecule has 1 heterocycles. The van der Waals surface area contributed by atoms with Crippen LogP contribution in [0.15, 0.2) is 10.8 Å². The summed E-state index contributed by atoms with van der Waals surface area (Å²) in [7, 11) is 0. The number of carboxylic acid groups (broad SMARTS) is 1. The maximum absolute atomic E-state index is 10.6. The predicted octanol–water partition coefficient (Wildman–Crippen LogP) is 2.00. The Hall–Kier alpha value is -0.840. The zero-order chi connectivity index (χ0) is 10.0. The Morgan fingerprint density at radius 3 is 2.77 bits per heavy atom. The number of hydrogen-bond acceptors (Lipinski definition) is 2. The Bertz CT molecular complexity index is 320. The van der Waals surface area contributed by atoms with E-state index >= 15 is 0 Å². The highest BCUT2D eigenvalue weighted by Crippen LogP contribution is 2.14. The van der Waals surface area contributed by atoms with E-state index in [0.717, 1.165) is 6.54 Å². The average molecular weight is 247 g/mol. The lowest BCUT2D eigenvalue weighted by Gasteiger charge is -2.02. The van der Waals surface area contributed by atoms with Crippen molar-refractivity contribution in [3.8, 4) is 0 Å². The molecule has 1 rings (SSSR count). The summed E-state index contributed by atoms with van der Waals surface area (Å²) in [5.74, 6) is -0.504. The van der Waals surface area contributed by atoms with E-state index in [1.165, 1.54) is 6.20 Å². The normalized spacial score (nSPS) is 10.8. The van der Waals surface area contributed by atoms with Gasteiger partial charge in [-0.2, -0.15) is 5.10 Å². The van der Waals surface area contributed by atoms with Crippen LogP contribution < -0.4 is 0 Å². The van der Waals surface area contributed by atoms with Gasteiger partial charge >= 0.3 is 5.97 Å². The number of rotatable bonds is 3. The zero-order valence-electron chi connectivity index (χ0n) is 7.49. The molecule has 0 unspecified atom stereocenters. The minimum absolute atomic E-state index is 0.209. The second-order valence-corrected chi connectivity index (χ2v) is 4.01. The lowest BCUT2D eigenvalue weighted by molar-refractivity contribution is 0.0696. The number of carbonyl (C=O) groups is 1. The van der Waals surface area contributed by atoms with Crippen LogP contribution >= 0.6 is 15.9 Å². The van der Waals surface area contributed by atoms with Gasteiger partial charge in [0.2, 0.25) is 0 Å². The summed E-state index contributed by atoms with van der Waals surface area (Å²) < 4.78 is 2.03. The molecule has 0 aliphatic rings. The molecule has 1 aromatic rings. The molecule has 0 saturated carbocycles. The van der Waals surface area contributed by atoms with Crippen molar-refractivity contribution in [1.29, 1.82) is 0 Å². The predicted molar refractivity (Wildman–Crippen MR) is 51.7 cm³/mol. The van der Waals surface area contributed by atoms with Gasteiger partial charge in [0.15, 0.2) is 0 Å². The Morgan fingerprint density at radius 2 is 2.38 bits per heavy atom. The third-order valence-electron chi connectivity index (χ3n) is 1.50. The molecule has 72 valence electrons. The monoisotopic (exact) mass is 246 g/mol. The smallest absolute Gasteiger partial charge is 0.340 e. The summed E-state index contributed by atoms with van der Waals surface area (Å²) in [6, 6.07) is 0. The number of aromatic nitrogens is 2. The topological polar surface area (TPSA) is 55.1 Å². The van der Waals surface area contributed by atoms with Crippen LogP contribution in [0.4, 0.5) is 0 Å². The number of halogens is 1. The first-order valence-corrected chi connectivity index (χ1v) is 4.76. The molecule has 0 spiro atoms. The molecule has 0 radical (unpaired) electrons. The molecule has 0 aliphatic carbocycles. The highest BCUT2D eigenvalue weighted by molar-refractivity contribution is 9.10. The number of aromatic carboxylic acids is 1. The molecular formula is C8H11BrN2O2. The minimum Gasteiger partial charge on any atom is -0.478 e. The first kappa shape index (κ1) is 10.2. The molecule has 0 aliphatic heterocycles. The molecule has 0 aromatic carbocycles. The first-order valence-electron chi connectivity index (χ1n) is 3.97. The fraction of sp³-hybridized carbons (Fsp3) is 0.500. The highest BCUT2D eigenvalue weighted by atomic mass is 79.9. The molecule has 0 saturated heterocycles. The van der Waals surface area contributed by atoms with Crippen LogP contribution in [0, 0.1) is 5.92 Å². The lowest BCUT2D eigenvalue weighted by atomic mass is 10.2. The molecule has 1 N–H and O–H groups in total. The molecule has 0 atom stereocenters. The van der Waals surface area contributed by atoms with Gasteiger partial charge in [-0.25, -0.2) is 4.79 Å². The maximum Gasteiger partial charge on any atom is 0.340 e. The molecule has 0 bridgehead atoms. The third-order valence-corrected chi connectivity index (χ3v) is 2.08. The van der Waals surface area contributed by atoms with E-state index in [1.54, 1.807) is 4.68 Å². The Morgan fingerprint density at radius 1 is 1.77 bits per heavy atom. The van der Waals surface area contributed by atoms with Gasteiger partial charge < -0.3 is 5.11 Å². The number of hydrogen-bond donors (Lipinski definition) is 1. The molecule has 1 aromatic heterocycles. The summed E-state index contributed by atoms with van der Waals surface area (Å²) in [4.78, 5) is 10.6. The van der Waals surface area contributed by atoms with Crippen molar-refractivity contribution in [2.24, 2.45) is 5.92 Å². The van der Waals surface area contributed by atoms with Gasteiger partial charge in [-0.15, -0.1) is 0 Å². The van der Waals surface area contributed by atoms with Crippen LogP contribution in [0.25, 0.3) is 0 Å². The van der Waals surface area contributed by atoms with Crippen LogP contribution in [0.3, 0.4) is 0 Å². The molecular weight excluding hydrogens is 236 g/mol. The minimum atomic E-state index is -0.957. The van der Waals surface area contributed by atoms with Gasteiger partial charge in [0.1, 0.15) is 10.2 Å². The van der Waals surface area contributed by atoms with E-state index in [0.29, 0.717) is 10.5 Å². The van der Waals surface area contributed by atoms with Gasteiger partial charge in [0.25, 0.3) is 0 Å². The Balaban J connectivity index is 2.89. The number of nitrogens with zero attached hydrogens (tertiary/aromatic N) is 2. The van der Waals surface area contributed by atoms with Crippen LogP contribution in [-0.4, -0.2) is 20.9 Å². The van der Waals surface area contributed by atoms with Crippen molar-refractivity contribution in [3.63, 3.8) is 0 Å². The summed E-state index contributed by atoms with van der Waals surface area (Å²) in [6.45, 7) is 4.83. The second kappa shape index (κ2) is 3.91. The van der Waals surface area contributed by atoms with Gasteiger partial charge in [-0.3, -0.25) is 4.68 Å². The summed E-state index contributed by atoms with van der Waals surface area (Å²) in [5.41, 5.74) is 0.209. The van der Waals surface area contributed by atoms with Gasteiger partial charge in [0.05, 0.1) is 0 Å². The molecule has 13 heavy (non-hydrogen) atoms. The zero-order valence-corrected chi connectivity index (χ0v) is 9.08. The fourth-order valence-electron chi connectivity index (χ4n) is 1.01. The van der Waals surface area contributed by atoms with E-state index in [4.69, 9.17) is 5.11 Å². The van der Waals surface area contributed by atoms with Crippen LogP contribution in [0.5, 0.6) is 0 Å². The van der Waals surface area contributed by atoms with E-state index in [-0.39, 0.29) is 5.56 Å². The van der Waals surface area contributed by atoms with Crippen LogP contribution in [0.1, 0.15) is 24.2 Å². The van der Waals surface area contributed by atoms with Crippen LogP contribution in [0.2, 0.25) is 0 Å². The fourth-order valence-corrected chi connectivity index (χ4v) is 1.48. The third kappa shape index (κ3) is 2.55. The van der Waals surface area contributed by atoms with Crippen molar-refractivity contribution >= 4 is 21.9 Å².